The quantitative estimate of drug-likeness (QED) is 0.0197. The molecule has 4 N–H and O–H groups in total. The molecule has 0 bridgehead atoms. The van der Waals surface area contributed by atoms with Crippen molar-refractivity contribution in [2.24, 2.45) is 0 Å². The Morgan fingerprint density at radius 1 is 0.531 bits per heavy atom. The van der Waals surface area contributed by atoms with Crippen LogP contribution in [0.2, 0.25) is 0 Å². The van der Waals surface area contributed by atoms with Gasteiger partial charge in [-0.1, -0.05) is 164 Å². The predicted octanol–water partition coefficient (Wildman–Crippen LogP) is 10.9. The zero-order valence-electron chi connectivity index (χ0n) is 39.6. The number of unbranched alkanes of at least 4 members (excludes halogenated alkanes) is 19. The highest BCUT2D eigenvalue weighted by atomic mass is 32.2. The average Bonchev–Trinajstić information content (AvgIpc) is 3.26. The summed E-state index contributed by atoms with van der Waals surface area (Å²) in [5.41, 5.74) is 0. The van der Waals surface area contributed by atoms with Crippen LogP contribution in [0.5, 0.6) is 0 Å². The van der Waals surface area contributed by atoms with E-state index in [1.54, 1.807) is 0 Å². The number of carbonyl (C=O) groups excluding carboxylic acids is 2. The number of hydrogen-bond donors (Lipinski definition) is 4. The van der Waals surface area contributed by atoms with Crippen LogP contribution in [0.4, 0.5) is 0 Å². The Bertz CT molecular complexity index is 1410. The summed E-state index contributed by atoms with van der Waals surface area (Å²) in [5.74, 6) is -2.09. The molecule has 64 heavy (non-hydrogen) atoms. The SMILES string of the molecule is CCCCCCCCC/C=C/C/C=C/C/C=C/C/C=C/CCCC(=O)O[C@H](COC(=O)CCCC/C=C/CCCCCCCCCCC)CO[C@H]1O[C@H](CS(=O)(=O)O)[C@@H](O)C(O)C1O. The van der Waals surface area contributed by atoms with Crippen molar-refractivity contribution in [3.63, 3.8) is 0 Å². The highest BCUT2D eigenvalue weighted by Gasteiger charge is 2.46. The third kappa shape index (κ3) is 34.7. The van der Waals surface area contributed by atoms with Gasteiger partial charge in [0.1, 0.15) is 36.8 Å². The Labute approximate surface area is 387 Å². The molecule has 0 aliphatic carbocycles. The van der Waals surface area contributed by atoms with Crippen LogP contribution in [0, 0.1) is 0 Å². The number of aliphatic hydroxyl groups excluding tert-OH is 3. The number of rotatable bonds is 41. The smallest absolute Gasteiger partial charge is 0.306 e. The molecule has 0 spiro atoms. The minimum Gasteiger partial charge on any atom is -0.462 e. The monoisotopic (exact) mass is 925 g/mol. The molecular formula is C51H88O12S. The lowest BCUT2D eigenvalue weighted by molar-refractivity contribution is -0.297. The van der Waals surface area contributed by atoms with Gasteiger partial charge in [0, 0.05) is 12.8 Å². The highest BCUT2D eigenvalue weighted by Crippen LogP contribution is 2.24. The van der Waals surface area contributed by atoms with Crippen molar-refractivity contribution in [1.82, 2.24) is 0 Å². The number of ether oxygens (including phenoxy) is 4. The second-order valence-corrected chi connectivity index (χ2v) is 18.6. The van der Waals surface area contributed by atoms with Gasteiger partial charge in [-0.15, -0.1) is 0 Å². The summed E-state index contributed by atoms with van der Waals surface area (Å²) in [6, 6.07) is 0. The normalized spacial score (nSPS) is 20.1. The van der Waals surface area contributed by atoms with Crippen LogP contribution in [0.15, 0.2) is 60.8 Å². The molecule has 370 valence electrons. The molecule has 0 aromatic carbocycles. The molecule has 1 rings (SSSR count). The third-order valence-electron chi connectivity index (χ3n) is 11.1. The van der Waals surface area contributed by atoms with E-state index in [2.05, 4.69) is 62.5 Å². The van der Waals surface area contributed by atoms with E-state index in [0.717, 1.165) is 44.9 Å². The standard InChI is InChI=1S/C51H88O12S/c1-3-5-7-9-11-13-15-17-19-20-21-22-23-24-26-28-30-32-34-36-38-40-47(53)62-44(42-61-51-50(56)49(55)48(54)45(63-51)43-64(57,58)59)41-60-46(52)39-37-35-33-31-29-27-25-18-16-14-12-10-8-6-4-2/h19-20,22-23,26,28-29,31-32,34,44-45,48-51,54-56H,3-18,21,24-25,27,30,33,35-43H2,1-2H3,(H,57,58,59)/b20-19+,23-22+,28-26+,31-29+,34-32+/t44-,45-,48-,49?,50?,51+/m1/s1. The Balaban J connectivity index is 2.46. The van der Waals surface area contributed by atoms with E-state index in [4.69, 9.17) is 18.9 Å². The fourth-order valence-electron chi connectivity index (χ4n) is 7.19. The van der Waals surface area contributed by atoms with Gasteiger partial charge in [-0.2, -0.15) is 8.42 Å². The maximum atomic E-state index is 12.8. The predicted molar refractivity (Wildman–Crippen MR) is 256 cm³/mol. The molecule has 0 aromatic heterocycles. The molecule has 0 aromatic rings. The maximum Gasteiger partial charge on any atom is 0.306 e. The highest BCUT2D eigenvalue weighted by molar-refractivity contribution is 7.85. The second kappa shape index (κ2) is 40.6. The van der Waals surface area contributed by atoms with Crippen LogP contribution < -0.4 is 0 Å². The van der Waals surface area contributed by atoms with Crippen molar-refractivity contribution in [3.05, 3.63) is 60.8 Å². The summed E-state index contributed by atoms with van der Waals surface area (Å²) in [6.07, 6.45) is 41.3. The van der Waals surface area contributed by atoms with Crippen molar-refractivity contribution >= 4 is 22.1 Å². The fourth-order valence-corrected chi connectivity index (χ4v) is 7.88. The molecule has 1 saturated heterocycles. The third-order valence-corrected chi connectivity index (χ3v) is 11.8. The Morgan fingerprint density at radius 3 is 1.45 bits per heavy atom. The number of carbonyl (C=O) groups is 2. The van der Waals surface area contributed by atoms with Crippen molar-refractivity contribution < 1.29 is 56.8 Å². The molecule has 1 fully saturated rings. The first-order valence-corrected chi connectivity index (χ1v) is 26.5. The fraction of sp³-hybridized carbons (Fsp3) is 0.765. The van der Waals surface area contributed by atoms with E-state index in [-0.39, 0.29) is 19.4 Å². The molecule has 1 aliphatic rings. The van der Waals surface area contributed by atoms with Gasteiger partial charge in [-0.25, -0.2) is 0 Å². The van der Waals surface area contributed by atoms with E-state index >= 15 is 0 Å². The minimum atomic E-state index is -4.62. The Kier molecular flexibility index (Phi) is 37.7. The summed E-state index contributed by atoms with van der Waals surface area (Å²) < 4.78 is 54.1. The number of hydrogen-bond acceptors (Lipinski definition) is 11. The van der Waals surface area contributed by atoms with Crippen LogP contribution in [0.25, 0.3) is 0 Å². The van der Waals surface area contributed by atoms with Crippen molar-refractivity contribution in [2.45, 2.75) is 230 Å². The lowest BCUT2D eigenvalue weighted by Gasteiger charge is -2.40. The number of aliphatic hydroxyl groups is 3. The van der Waals surface area contributed by atoms with Crippen LogP contribution in [0.3, 0.4) is 0 Å². The molecule has 2 unspecified atom stereocenters. The zero-order valence-corrected chi connectivity index (χ0v) is 40.4. The minimum absolute atomic E-state index is 0.0828. The van der Waals surface area contributed by atoms with Crippen LogP contribution in [-0.2, 0) is 38.7 Å². The van der Waals surface area contributed by atoms with E-state index in [1.165, 1.54) is 103 Å². The van der Waals surface area contributed by atoms with Crippen molar-refractivity contribution in [2.75, 3.05) is 19.0 Å². The van der Waals surface area contributed by atoms with Gasteiger partial charge in [-0.05, 0) is 77.0 Å². The molecule has 0 saturated carbocycles. The molecule has 0 amide bonds. The first-order valence-electron chi connectivity index (χ1n) is 24.8. The molecule has 13 heteroatoms. The van der Waals surface area contributed by atoms with E-state index in [1.807, 2.05) is 12.2 Å². The van der Waals surface area contributed by atoms with Crippen LogP contribution in [0.1, 0.15) is 194 Å². The first-order chi connectivity index (χ1) is 31.0. The largest absolute Gasteiger partial charge is 0.462 e. The lowest BCUT2D eigenvalue weighted by atomic mass is 10.00. The summed E-state index contributed by atoms with van der Waals surface area (Å²) in [7, 11) is -4.62. The van der Waals surface area contributed by atoms with Gasteiger partial charge in [0.15, 0.2) is 12.4 Å². The van der Waals surface area contributed by atoms with E-state index in [9.17, 15) is 37.9 Å². The van der Waals surface area contributed by atoms with Crippen LogP contribution >= 0.6 is 0 Å². The summed E-state index contributed by atoms with van der Waals surface area (Å²) in [5, 5.41) is 30.9. The second-order valence-electron chi connectivity index (χ2n) is 17.1. The van der Waals surface area contributed by atoms with Crippen molar-refractivity contribution in [1.29, 1.82) is 0 Å². The zero-order chi connectivity index (χ0) is 46.9. The van der Waals surface area contributed by atoms with Gasteiger partial charge in [0.05, 0.1) is 6.61 Å². The molecule has 1 heterocycles. The molecule has 0 radical (unpaired) electrons. The lowest BCUT2D eigenvalue weighted by Crippen LogP contribution is -2.60. The summed E-state index contributed by atoms with van der Waals surface area (Å²) >= 11 is 0. The molecule has 6 atom stereocenters. The molecule has 1 aliphatic heterocycles. The molecular weight excluding hydrogens is 837 g/mol. The van der Waals surface area contributed by atoms with E-state index in [0.29, 0.717) is 19.3 Å². The van der Waals surface area contributed by atoms with Gasteiger partial charge in [-0.3, -0.25) is 14.1 Å². The van der Waals surface area contributed by atoms with Gasteiger partial charge >= 0.3 is 11.9 Å². The van der Waals surface area contributed by atoms with Gasteiger partial charge in [0.2, 0.25) is 0 Å². The Morgan fingerprint density at radius 2 is 0.953 bits per heavy atom. The van der Waals surface area contributed by atoms with Gasteiger partial charge in [0.25, 0.3) is 10.1 Å². The molecule has 12 nitrogen and oxygen atoms in total. The van der Waals surface area contributed by atoms with Crippen molar-refractivity contribution in [3.8, 4) is 0 Å². The van der Waals surface area contributed by atoms with Gasteiger partial charge < -0.3 is 34.3 Å². The van der Waals surface area contributed by atoms with E-state index < -0.39 is 71.2 Å². The topological polar surface area (TPSA) is 186 Å². The maximum absolute atomic E-state index is 12.8. The summed E-state index contributed by atoms with van der Waals surface area (Å²) in [4.78, 5) is 25.4. The Hall–Kier alpha value is -2.65. The summed E-state index contributed by atoms with van der Waals surface area (Å²) in [6.45, 7) is 3.70. The number of allylic oxidation sites excluding steroid dienone is 10. The average molecular weight is 925 g/mol. The van der Waals surface area contributed by atoms with Crippen LogP contribution in [-0.4, -0.2) is 96.0 Å². The number of esters is 2. The first kappa shape index (κ1) is 59.4.